The number of aryl methyl sites for hydroxylation is 1. The molecule has 0 radical (unpaired) electrons. The zero-order chi connectivity index (χ0) is 11.5. The van der Waals surface area contributed by atoms with Crippen molar-refractivity contribution in [1.29, 1.82) is 0 Å². The van der Waals surface area contributed by atoms with Crippen LogP contribution in [0.25, 0.3) is 11.0 Å². The Kier molecular flexibility index (Phi) is 3.52. The fourth-order valence-electron chi connectivity index (χ4n) is 1.86. The molecule has 0 aliphatic heterocycles. The Balaban J connectivity index is 2.32. The fourth-order valence-corrected chi connectivity index (χ4v) is 2.13. The molecule has 1 N–H and O–H groups in total. The van der Waals surface area contributed by atoms with Gasteiger partial charge in [-0.25, -0.2) is 0 Å². The highest BCUT2D eigenvalue weighted by Gasteiger charge is 2.08. The second-order valence-corrected chi connectivity index (χ2v) is 4.47. The molecule has 0 fully saturated rings. The lowest BCUT2D eigenvalue weighted by molar-refractivity contribution is 0.599. The summed E-state index contributed by atoms with van der Waals surface area (Å²) in [6.07, 6.45) is 2.95. The van der Waals surface area contributed by atoms with Crippen molar-refractivity contribution in [3.63, 3.8) is 0 Å². The molecule has 0 atom stereocenters. The molecule has 1 heterocycles. The third-order valence-corrected chi connectivity index (χ3v) is 2.86. The highest BCUT2D eigenvalue weighted by molar-refractivity contribution is 6.31. The van der Waals surface area contributed by atoms with Crippen LogP contribution in [0.3, 0.4) is 0 Å². The smallest absolute Gasteiger partial charge is 0.137 e. The maximum Gasteiger partial charge on any atom is 0.137 e. The van der Waals surface area contributed by atoms with Gasteiger partial charge in [0.05, 0.1) is 6.26 Å². The van der Waals surface area contributed by atoms with E-state index >= 15 is 0 Å². The Hall–Kier alpha value is -0.990. The summed E-state index contributed by atoms with van der Waals surface area (Å²) >= 11 is 6.05. The zero-order valence-corrected chi connectivity index (χ0v) is 10.4. The van der Waals surface area contributed by atoms with Gasteiger partial charge in [-0.15, -0.1) is 0 Å². The number of hydrogen-bond acceptors (Lipinski definition) is 2. The summed E-state index contributed by atoms with van der Waals surface area (Å²) in [4.78, 5) is 0. The summed E-state index contributed by atoms with van der Waals surface area (Å²) in [7, 11) is 0. The van der Waals surface area contributed by atoms with E-state index in [1.54, 1.807) is 0 Å². The van der Waals surface area contributed by atoms with Crippen LogP contribution in [0, 0.1) is 6.92 Å². The molecule has 3 heteroatoms. The van der Waals surface area contributed by atoms with Gasteiger partial charge in [0.2, 0.25) is 0 Å². The number of nitrogens with one attached hydrogen (secondary N) is 1. The summed E-state index contributed by atoms with van der Waals surface area (Å²) in [5, 5.41) is 5.25. The first kappa shape index (κ1) is 11.5. The Morgan fingerprint density at radius 3 is 2.94 bits per heavy atom. The molecule has 0 saturated carbocycles. The highest BCUT2D eigenvalue weighted by Crippen LogP contribution is 2.27. The average molecular weight is 238 g/mol. The first-order valence-electron chi connectivity index (χ1n) is 5.59. The molecule has 0 aliphatic rings. The molecule has 16 heavy (non-hydrogen) atoms. The molecular formula is C13H16ClNO. The maximum atomic E-state index is 6.05. The molecule has 0 spiro atoms. The summed E-state index contributed by atoms with van der Waals surface area (Å²) in [5.74, 6) is 0. The van der Waals surface area contributed by atoms with Gasteiger partial charge in [-0.05, 0) is 37.6 Å². The van der Waals surface area contributed by atoms with Gasteiger partial charge >= 0.3 is 0 Å². The zero-order valence-electron chi connectivity index (χ0n) is 9.64. The van der Waals surface area contributed by atoms with E-state index in [0.29, 0.717) is 0 Å². The average Bonchev–Trinajstić information content (AvgIpc) is 2.62. The minimum absolute atomic E-state index is 0.767. The quantitative estimate of drug-likeness (QED) is 0.816. The van der Waals surface area contributed by atoms with Crippen molar-refractivity contribution in [2.75, 3.05) is 6.54 Å². The van der Waals surface area contributed by atoms with Crippen LogP contribution in [0.1, 0.15) is 24.5 Å². The van der Waals surface area contributed by atoms with Gasteiger partial charge in [-0.3, -0.25) is 0 Å². The van der Waals surface area contributed by atoms with Gasteiger partial charge in [0, 0.05) is 22.5 Å². The fraction of sp³-hybridized carbons (Fsp3) is 0.385. The Labute approximate surface area is 101 Å². The van der Waals surface area contributed by atoms with Crippen LogP contribution < -0.4 is 5.32 Å². The molecule has 86 valence electrons. The largest absolute Gasteiger partial charge is 0.464 e. The van der Waals surface area contributed by atoms with Crippen molar-refractivity contribution < 1.29 is 4.42 Å². The van der Waals surface area contributed by atoms with Gasteiger partial charge in [-0.2, -0.15) is 0 Å². The number of hydrogen-bond donors (Lipinski definition) is 1. The van der Waals surface area contributed by atoms with Crippen LogP contribution in [0.15, 0.2) is 22.8 Å². The first-order valence-corrected chi connectivity index (χ1v) is 5.97. The lowest BCUT2D eigenvalue weighted by Gasteiger charge is -2.01. The SMILES string of the molecule is CCCNCc1coc2c(C)cc(Cl)cc12. The number of halogens is 1. The molecule has 0 aliphatic carbocycles. The van der Waals surface area contributed by atoms with Crippen molar-refractivity contribution in [3.8, 4) is 0 Å². The van der Waals surface area contributed by atoms with E-state index in [1.807, 2.05) is 25.3 Å². The monoisotopic (exact) mass is 237 g/mol. The topological polar surface area (TPSA) is 25.2 Å². The van der Waals surface area contributed by atoms with Crippen LogP contribution in [-0.2, 0) is 6.54 Å². The van der Waals surface area contributed by atoms with Crippen LogP contribution in [0.4, 0.5) is 0 Å². The van der Waals surface area contributed by atoms with E-state index in [9.17, 15) is 0 Å². The minimum atomic E-state index is 0.767. The molecular weight excluding hydrogens is 222 g/mol. The second kappa shape index (κ2) is 4.89. The summed E-state index contributed by atoms with van der Waals surface area (Å²) in [5.41, 5.74) is 3.20. The first-order chi connectivity index (χ1) is 7.72. The van der Waals surface area contributed by atoms with E-state index in [4.69, 9.17) is 16.0 Å². The van der Waals surface area contributed by atoms with E-state index in [1.165, 1.54) is 5.56 Å². The molecule has 0 unspecified atom stereocenters. The van der Waals surface area contributed by atoms with Crippen molar-refractivity contribution in [3.05, 3.63) is 34.5 Å². The molecule has 2 rings (SSSR count). The molecule has 2 nitrogen and oxygen atoms in total. The van der Waals surface area contributed by atoms with Crippen LogP contribution in [-0.4, -0.2) is 6.54 Å². The normalized spacial score (nSPS) is 11.2. The van der Waals surface area contributed by atoms with Crippen LogP contribution >= 0.6 is 11.6 Å². The number of rotatable bonds is 4. The molecule has 0 bridgehead atoms. The lowest BCUT2D eigenvalue weighted by atomic mass is 10.1. The summed E-state index contributed by atoms with van der Waals surface area (Å²) in [6.45, 7) is 6.02. The predicted molar refractivity (Wildman–Crippen MR) is 68.0 cm³/mol. The standard InChI is InChI=1S/C13H16ClNO/c1-3-4-15-7-10-8-16-13-9(2)5-11(14)6-12(10)13/h5-6,8,15H,3-4,7H2,1-2H3. The Morgan fingerprint density at radius 2 is 2.19 bits per heavy atom. The number of benzene rings is 1. The molecule has 2 aromatic rings. The van der Waals surface area contributed by atoms with E-state index in [0.717, 1.165) is 41.1 Å². The van der Waals surface area contributed by atoms with Gasteiger partial charge in [0.15, 0.2) is 0 Å². The van der Waals surface area contributed by atoms with Crippen molar-refractivity contribution in [2.24, 2.45) is 0 Å². The predicted octanol–water partition coefficient (Wildman–Crippen LogP) is 3.89. The van der Waals surface area contributed by atoms with Crippen molar-refractivity contribution in [1.82, 2.24) is 5.32 Å². The van der Waals surface area contributed by atoms with E-state index in [2.05, 4.69) is 12.2 Å². The van der Waals surface area contributed by atoms with Crippen molar-refractivity contribution >= 4 is 22.6 Å². The summed E-state index contributed by atoms with van der Waals surface area (Å²) in [6, 6.07) is 3.90. The van der Waals surface area contributed by atoms with E-state index < -0.39 is 0 Å². The maximum absolute atomic E-state index is 6.05. The van der Waals surface area contributed by atoms with Gasteiger partial charge in [0.1, 0.15) is 5.58 Å². The lowest BCUT2D eigenvalue weighted by Crippen LogP contribution is -2.13. The van der Waals surface area contributed by atoms with Crippen LogP contribution in [0.2, 0.25) is 5.02 Å². The van der Waals surface area contributed by atoms with Crippen molar-refractivity contribution in [2.45, 2.75) is 26.8 Å². The second-order valence-electron chi connectivity index (χ2n) is 4.04. The van der Waals surface area contributed by atoms with E-state index in [-0.39, 0.29) is 0 Å². The number of furan rings is 1. The third-order valence-electron chi connectivity index (χ3n) is 2.65. The van der Waals surface area contributed by atoms with Gasteiger partial charge < -0.3 is 9.73 Å². The minimum Gasteiger partial charge on any atom is -0.464 e. The molecule has 0 amide bonds. The van der Waals surface area contributed by atoms with Gasteiger partial charge in [-0.1, -0.05) is 18.5 Å². The summed E-state index contributed by atoms with van der Waals surface area (Å²) < 4.78 is 5.57. The molecule has 1 aromatic carbocycles. The Bertz CT molecular complexity index is 490. The molecule has 1 aromatic heterocycles. The van der Waals surface area contributed by atoms with Crippen LogP contribution in [0.5, 0.6) is 0 Å². The Morgan fingerprint density at radius 1 is 1.38 bits per heavy atom. The highest BCUT2D eigenvalue weighted by atomic mass is 35.5. The number of fused-ring (bicyclic) bond motifs is 1. The van der Waals surface area contributed by atoms with Gasteiger partial charge in [0.25, 0.3) is 0 Å². The third kappa shape index (κ3) is 2.23. The molecule has 0 saturated heterocycles.